The van der Waals surface area contributed by atoms with Gasteiger partial charge in [-0.3, -0.25) is 4.79 Å². The number of primary amides is 1. The smallest absolute Gasteiger partial charge is 0.217 e. The van der Waals surface area contributed by atoms with Gasteiger partial charge < -0.3 is 25.9 Å². The fourth-order valence-corrected chi connectivity index (χ4v) is 6.93. The highest BCUT2D eigenvalue weighted by molar-refractivity contribution is 6.34. The third-order valence-corrected chi connectivity index (χ3v) is 9.36. The molecule has 9 heteroatoms. The summed E-state index contributed by atoms with van der Waals surface area (Å²) in [6.07, 6.45) is 16.2. The van der Waals surface area contributed by atoms with E-state index < -0.39 is 0 Å². The van der Waals surface area contributed by atoms with Crippen LogP contribution in [0, 0.1) is 11.8 Å². The Bertz CT molecular complexity index is 1500. The molecule has 0 spiro atoms. The van der Waals surface area contributed by atoms with Crippen LogP contribution in [-0.2, 0) is 4.79 Å². The lowest BCUT2D eigenvalue weighted by Gasteiger charge is -2.35. The van der Waals surface area contributed by atoms with Gasteiger partial charge in [-0.15, -0.1) is 0 Å². The van der Waals surface area contributed by atoms with Crippen molar-refractivity contribution >= 4 is 34.4 Å². The summed E-state index contributed by atoms with van der Waals surface area (Å²) in [6, 6.07) is 6.41. The molecule has 2 aliphatic carbocycles. The number of H-pyrrole nitrogens is 1. The predicted molar refractivity (Wildman–Crippen MR) is 173 cm³/mol. The second-order valence-corrected chi connectivity index (χ2v) is 12.5. The molecule has 2 heterocycles. The first-order valence-electron chi connectivity index (χ1n) is 15.6. The number of fused-ring (bicyclic) bond motifs is 1. The molecule has 2 aliphatic rings. The fraction of sp³-hybridized carbons (Fsp3) is 0.500. The first kappa shape index (κ1) is 31.1. The minimum atomic E-state index is -0.302. The van der Waals surface area contributed by atoms with Gasteiger partial charge in [-0.2, -0.15) is 0 Å². The fourth-order valence-electron chi connectivity index (χ4n) is 6.73. The molecule has 43 heavy (non-hydrogen) atoms. The average Bonchev–Trinajstić information content (AvgIpc) is 3.28. The van der Waals surface area contributed by atoms with Crippen molar-refractivity contribution in [3.05, 3.63) is 58.8 Å². The number of rotatable bonds is 10. The number of aliphatic hydroxyl groups is 1. The highest BCUT2D eigenvalue weighted by Gasteiger charge is 2.32. The maximum atomic E-state index is 11.9. The van der Waals surface area contributed by atoms with E-state index >= 15 is 0 Å². The number of nitrogens with two attached hydrogens (primary N) is 1. The molecule has 1 fully saturated rings. The summed E-state index contributed by atoms with van der Waals surface area (Å²) in [5.74, 6) is 1.87. The summed E-state index contributed by atoms with van der Waals surface area (Å²) in [5.41, 5.74) is 11.2. The summed E-state index contributed by atoms with van der Waals surface area (Å²) >= 11 is 6.72. The zero-order valence-corrected chi connectivity index (χ0v) is 26.2. The Morgan fingerprint density at radius 2 is 2.16 bits per heavy atom. The van der Waals surface area contributed by atoms with E-state index in [2.05, 4.69) is 58.6 Å². The lowest BCUT2D eigenvalue weighted by Crippen LogP contribution is -2.39. The molecule has 1 aromatic carbocycles. The third kappa shape index (κ3) is 7.24. The molecule has 0 bridgehead atoms. The summed E-state index contributed by atoms with van der Waals surface area (Å²) in [6.45, 7) is 3.99. The van der Waals surface area contributed by atoms with Crippen LogP contribution in [0.15, 0.2) is 48.2 Å². The number of aromatic nitrogens is 3. The van der Waals surface area contributed by atoms with E-state index in [0.29, 0.717) is 28.8 Å². The van der Waals surface area contributed by atoms with Gasteiger partial charge in [0.2, 0.25) is 5.91 Å². The van der Waals surface area contributed by atoms with Crippen molar-refractivity contribution in [3.63, 3.8) is 0 Å². The van der Waals surface area contributed by atoms with E-state index in [1.165, 1.54) is 11.1 Å². The van der Waals surface area contributed by atoms with Gasteiger partial charge >= 0.3 is 0 Å². The van der Waals surface area contributed by atoms with E-state index in [-0.39, 0.29) is 29.9 Å². The standard InChI is InChI=1S/C34H44ClN5O3/c1-4-22-8-6-10-25(18-29(36)42)30(22)38-31-27(35)19-37-34-32(31)39-33(40-34)26-16-15-24(17-28(26)43-3)23-9-5-7-21(13-14-23)12-11-20(2)41/h6,8,12,15-17,19-20,22-23,25,30,41H,4-5,7,9-11,13-14,18H2,1-3H3,(H2,36,42)(H2,37,38,39,40). The molecule has 230 valence electrons. The van der Waals surface area contributed by atoms with Crippen LogP contribution in [0.2, 0.25) is 5.02 Å². The Hall–Kier alpha value is -3.36. The minimum absolute atomic E-state index is 0.00635. The Labute approximate surface area is 259 Å². The van der Waals surface area contributed by atoms with Crippen LogP contribution in [0.1, 0.15) is 83.1 Å². The van der Waals surface area contributed by atoms with Crippen LogP contribution in [0.4, 0.5) is 5.69 Å². The molecule has 8 nitrogen and oxygen atoms in total. The van der Waals surface area contributed by atoms with E-state index in [1.54, 1.807) is 13.3 Å². The maximum absolute atomic E-state index is 11.9. The normalized spacial score (nSPS) is 24.2. The number of nitrogens with zero attached hydrogens (tertiary/aromatic N) is 2. The van der Waals surface area contributed by atoms with Crippen LogP contribution in [0.25, 0.3) is 22.6 Å². The molecule has 5 unspecified atom stereocenters. The van der Waals surface area contributed by atoms with Crippen molar-refractivity contribution in [3.8, 4) is 17.1 Å². The van der Waals surface area contributed by atoms with Crippen LogP contribution >= 0.6 is 11.6 Å². The highest BCUT2D eigenvalue weighted by Crippen LogP contribution is 2.40. The SMILES string of the molecule is CCC1C=CCC(CC(N)=O)C1Nc1c(Cl)cnc2nc(-c3ccc(C4CCCC(=CCC(C)O)CC4)cc3OC)[nH]c12. The number of imidazole rings is 1. The largest absolute Gasteiger partial charge is 0.496 e. The van der Waals surface area contributed by atoms with Crippen molar-refractivity contribution in [2.75, 3.05) is 12.4 Å². The van der Waals surface area contributed by atoms with E-state index in [1.807, 2.05) is 6.92 Å². The Morgan fingerprint density at radius 1 is 1.33 bits per heavy atom. The quantitative estimate of drug-likeness (QED) is 0.142. The van der Waals surface area contributed by atoms with Gasteiger partial charge in [-0.1, -0.05) is 48.4 Å². The molecule has 1 saturated carbocycles. The number of ether oxygens (including phenoxy) is 1. The van der Waals surface area contributed by atoms with Crippen LogP contribution < -0.4 is 15.8 Å². The number of hydrogen-bond donors (Lipinski definition) is 4. The third-order valence-electron chi connectivity index (χ3n) is 9.07. The summed E-state index contributed by atoms with van der Waals surface area (Å²) in [4.78, 5) is 24.7. The lowest BCUT2D eigenvalue weighted by molar-refractivity contribution is -0.119. The zero-order valence-electron chi connectivity index (χ0n) is 25.4. The van der Waals surface area contributed by atoms with Gasteiger partial charge in [0, 0.05) is 12.5 Å². The van der Waals surface area contributed by atoms with Crippen molar-refractivity contribution in [2.45, 2.75) is 89.7 Å². The first-order valence-corrected chi connectivity index (χ1v) is 15.9. The van der Waals surface area contributed by atoms with Crippen molar-refractivity contribution in [1.82, 2.24) is 15.0 Å². The predicted octanol–water partition coefficient (Wildman–Crippen LogP) is 7.29. The van der Waals surface area contributed by atoms with Crippen LogP contribution in [0.3, 0.4) is 0 Å². The number of hydrogen-bond acceptors (Lipinski definition) is 6. The van der Waals surface area contributed by atoms with Gasteiger partial charge in [0.1, 0.15) is 17.1 Å². The van der Waals surface area contributed by atoms with Crippen LogP contribution in [0.5, 0.6) is 5.75 Å². The van der Waals surface area contributed by atoms with Gasteiger partial charge in [-0.25, -0.2) is 9.97 Å². The topological polar surface area (TPSA) is 126 Å². The molecule has 1 amide bonds. The van der Waals surface area contributed by atoms with E-state index in [4.69, 9.17) is 27.1 Å². The monoisotopic (exact) mass is 605 g/mol. The number of methoxy groups -OCH3 is 1. The molecule has 2 aromatic heterocycles. The van der Waals surface area contributed by atoms with Gasteiger partial charge in [-0.05, 0) is 93.7 Å². The second kappa shape index (κ2) is 14.0. The van der Waals surface area contributed by atoms with Crippen molar-refractivity contribution in [1.29, 1.82) is 0 Å². The molecule has 0 aliphatic heterocycles. The lowest BCUT2D eigenvalue weighted by atomic mass is 9.78. The maximum Gasteiger partial charge on any atom is 0.217 e. The number of carbonyl (C=O) groups excluding carboxylic acids is 1. The molecule has 0 saturated heterocycles. The second-order valence-electron chi connectivity index (χ2n) is 12.1. The Kier molecular flexibility index (Phi) is 10.1. The number of aromatic amines is 1. The van der Waals surface area contributed by atoms with E-state index in [0.717, 1.165) is 73.9 Å². The number of carbonyl (C=O) groups is 1. The Balaban J connectivity index is 1.42. The number of pyridine rings is 1. The van der Waals surface area contributed by atoms with Crippen LogP contribution in [-0.4, -0.2) is 45.2 Å². The summed E-state index contributed by atoms with van der Waals surface area (Å²) in [7, 11) is 1.69. The number of halogens is 1. The first-order chi connectivity index (χ1) is 20.8. The van der Waals surface area contributed by atoms with Gasteiger partial charge in [0.15, 0.2) is 5.65 Å². The Morgan fingerprint density at radius 3 is 2.91 bits per heavy atom. The number of benzene rings is 1. The molecule has 5 atom stereocenters. The van der Waals surface area contributed by atoms with Gasteiger partial charge in [0.05, 0.1) is 35.7 Å². The van der Waals surface area contributed by atoms with Crippen molar-refractivity contribution in [2.24, 2.45) is 17.6 Å². The van der Waals surface area contributed by atoms with E-state index in [9.17, 15) is 9.90 Å². The zero-order chi connectivity index (χ0) is 30.5. The minimum Gasteiger partial charge on any atom is -0.496 e. The molecule has 5 rings (SSSR count). The van der Waals surface area contributed by atoms with Crippen molar-refractivity contribution < 1.29 is 14.6 Å². The summed E-state index contributed by atoms with van der Waals surface area (Å²) < 4.78 is 5.89. The number of amides is 1. The summed E-state index contributed by atoms with van der Waals surface area (Å²) in [5, 5.41) is 13.8. The molecular formula is C34H44ClN5O3. The molecule has 3 aromatic rings. The number of allylic oxidation sites excluding steroid dienone is 2. The molecular weight excluding hydrogens is 562 g/mol. The highest BCUT2D eigenvalue weighted by atomic mass is 35.5. The number of aliphatic hydroxyl groups excluding tert-OH is 1. The number of anilines is 1. The van der Waals surface area contributed by atoms with Gasteiger partial charge in [0.25, 0.3) is 0 Å². The average molecular weight is 606 g/mol. The molecule has 0 radical (unpaired) electrons. The number of nitrogens with one attached hydrogen (secondary N) is 2. The molecule has 5 N–H and O–H groups in total.